The SMILES string of the molecule is CCC1CCC(C)N1S(=O)(=O)CCOc1cccc(N)c1. The topological polar surface area (TPSA) is 72.6 Å². The van der Waals surface area contributed by atoms with Gasteiger partial charge in [0, 0.05) is 23.8 Å². The fourth-order valence-electron chi connectivity index (χ4n) is 2.91. The molecular weight excluding hydrogens is 288 g/mol. The van der Waals surface area contributed by atoms with Crippen LogP contribution in [0.5, 0.6) is 5.75 Å². The molecule has 5 nitrogen and oxygen atoms in total. The third-order valence-electron chi connectivity index (χ3n) is 3.97. The van der Waals surface area contributed by atoms with Gasteiger partial charge in [-0.1, -0.05) is 13.0 Å². The highest BCUT2D eigenvalue weighted by molar-refractivity contribution is 7.89. The molecule has 2 unspecified atom stereocenters. The van der Waals surface area contributed by atoms with Gasteiger partial charge in [-0.25, -0.2) is 8.42 Å². The van der Waals surface area contributed by atoms with Crippen molar-refractivity contribution in [1.82, 2.24) is 4.31 Å². The zero-order valence-corrected chi connectivity index (χ0v) is 13.5. The molecule has 21 heavy (non-hydrogen) atoms. The molecule has 1 fully saturated rings. The van der Waals surface area contributed by atoms with E-state index < -0.39 is 10.0 Å². The normalized spacial score (nSPS) is 23.3. The maximum atomic E-state index is 12.5. The number of benzene rings is 1. The summed E-state index contributed by atoms with van der Waals surface area (Å²) in [7, 11) is -3.27. The van der Waals surface area contributed by atoms with Gasteiger partial charge in [0.1, 0.15) is 12.4 Å². The predicted octanol–water partition coefficient (Wildman–Crippen LogP) is 2.24. The third-order valence-corrected chi connectivity index (χ3v) is 5.96. The van der Waals surface area contributed by atoms with Crippen molar-refractivity contribution in [2.75, 3.05) is 18.1 Å². The fraction of sp³-hybridized carbons (Fsp3) is 0.600. The van der Waals surface area contributed by atoms with Gasteiger partial charge in [-0.15, -0.1) is 0 Å². The number of anilines is 1. The Balaban J connectivity index is 1.95. The van der Waals surface area contributed by atoms with Gasteiger partial charge in [0.05, 0.1) is 5.75 Å². The summed E-state index contributed by atoms with van der Waals surface area (Å²) in [5, 5.41) is 0. The van der Waals surface area contributed by atoms with Gasteiger partial charge in [-0.05, 0) is 38.3 Å². The Morgan fingerprint density at radius 1 is 1.38 bits per heavy atom. The summed E-state index contributed by atoms with van der Waals surface area (Å²) >= 11 is 0. The van der Waals surface area contributed by atoms with Crippen LogP contribution in [0.3, 0.4) is 0 Å². The van der Waals surface area contributed by atoms with Crippen LogP contribution in [-0.2, 0) is 10.0 Å². The van der Waals surface area contributed by atoms with Gasteiger partial charge >= 0.3 is 0 Å². The molecule has 0 bridgehead atoms. The Kier molecular flexibility index (Phi) is 5.11. The van der Waals surface area contributed by atoms with Crippen molar-refractivity contribution in [3.8, 4) is 5.75 Å². The highest BCUT2D eigenvalue weighted by Crippen LogP contribution is 2.29. The van der Waals surface area contributed by atoms with Gasteiger partial charge in [-0.2, -0.15) is 4.31 Å². The summed E-state index contributed by atoms with van der Waals surface area (Å²) in [6.45, 7) is 4.16. The molecule has 2 N–H and O–H groups in total. The summed E-state index contributed by atoms with van der Waals surface area (Å²) in [6.07, 6.45) is 2.75. The van der Waals surface area contributed by atoms with Crippen LogP contribution in [0.1, 0.15) is 33.1 Å². The summed E-state index contributed by atoms with van der Waals surface area (Å²) < 4.78 is 32.2. The fourth-order valence-corrected chi connectivity index (χ4v) is 4.78. The first-order chi connectivity index (χ1) is 9.94. The van der Waals surface area contributed by atoms with E-state index in [0.29, 0.717) is 11.4 Å². The van der Waals surface area contributed by atoms with Crippen molar-refractivity contribution in [3.05, 3.63) is 24.3 Å². The lowest BCUT2D eigenvalue weighted by Gasteiger charge is -2.26. The second-order valence-corrected chi connectivity index (χ2v) is 7.55. The number of ether oxygens (including phenoxy) is 1. The van der Waals surface area contributed by atoms with Crippen LogP contribution >= 0.6 is 0 Å². The number of hydrogen-bond acceptors (Lipinski definition) is 4. The van der Waals surface area contributed by atoms with E-state index in [1.807, 2.05) is 13.8 Å². The van der Waals surface area contributed by atoms with E-state index in [4.69, 9.17) is 10.5 Å². The highest BCUT2D eigenvalue weighted by atomic mass is 32.2. The van der Waals surface area contributed by atoms with Crippen LogP contribution in [0, 0.1) is 0 Å². The molecule has 0 aromatic heterocycles. The van der Waals surface area contributed by atoms with Crippen LogP contribution in [-0.4, -0.2) is 37.2 Å². The second-order valence-electron chi connectivity index (χ2n) is 5.56. The van der Waals surface area contributed by atoms with Crippen LogP contribution in [0.25, 0.3) is 0 Å². The van der Waals surface area contributed by atoms with Crippen LogP contribution in [0.2, 0.25) is 0 Å². The molecule has 1 heterocycles. The molecule has 0 saturated carbocycles. The van der Waals surface area contributed by atoms with Crippen molar-refractivity contribution in [2.24, 2.45) is 0 Å². The summed E-state index contributed by atoms with van der Waals surface area (Å²) in [6, 6.07) is 7.25. The average Bonchev–Trinajstić information content (AvgIpc) is 2.80. The molecule has 0 amide bonds. The maximum absolute atomic E-state index is 12.5. The van der Waals surface area contributed by atoms with E-state index in [2.05, 4.69) is 0 Å². The lowest BCUT2D eigenvalue weighted by molar-refractivity contribution is 0.311. The van der Waals surface area contributed by atoms with E-state index >= 15 is 0 Å². The molecule has 1 saturated heterocycles. The van der Waals surface area contributed by atoms with Crippen molar-refractivity contribution in [1.29, 1.82) is 0 Å². The molecule has 6 heteroatoms. The second kappa shape index (κ2) is 6.66. The predicted molar refractivity (Wildman–Crippen MR) is 84.8 cm³/mol. The smallest absolute Gasteiger partial charge is 0.217 e. The Labute approximate surface area is 127 Å². The first kappa shape index (κ1) is 16.1. The molecule has 1 aliphatic heterocycles. The highest BCUT2D eigenvalue weighted by Gasteiger charge is 2.37. The van der Waals surface area contributed by atoms with Crippen molar-refractivity contribution >= 4 is 15.7 Å². The number of rotatable bonds is 6. The molecule has 2 atom stereocenters. The standard InChI is InChI=1S/C15H24N2O3S/c1-3-14-8-7-12(2)17(14)21(18,19)10-9-20-15-6-4-5-13(16)11-15/h4-6,11-12,14H,3,7-10,16H2,1-2H3. The van der Waals surface area contributed by atoms with Gasteiger partial charge in [0.15, 0.2) is 0 Å². The van der Waals surface area contributed by atoms with Gasteiger partial charge in [0.2, 0.25) is 10.0 Å². The van der Waals surface area contributed by atoms with E-state index in [-0.39, 0.29) is 24.4 Å². The first-order valence-electron chi connectivity index (χ1n) is 7.43. The molecule has 2 rings (SSSR count). The van der Waals surface area contributed by atoms with Gasteiger partial charge in [0.25, 0.3) is 0 Å². The molecule has 0 spiro atoms. The molecule has 1 aromatic carbocycles. The molecular formula is C15H24N2O3S. The minimum absolute atomic E-state index is 0.00262. The summed E-state index contributed by atoms with van der Waals surface area (Å²) in [5.41, 5.74) is 6.27. The number of nitrogens with two attached hydrogens (primary N) is 1. The lowest BCUT2D eigenvalue weighted by Crippen LogP contribution is -2.42. The number of nitrogens with zero attached hydrogens (tertiary/aromatic N) is 1. The molecule has 0 radical (unpaired) electrons. The maximum Gasteiger partial charge on any atom is 0.217 e. The number of sulfonamides is 1. The van der Waals surface area contributed by atoms with E-state index in [1.165, 1.54) is 0 Å². The van der Waals surface area contributed by atoms with Crippen LogP contribution in [0.15, 0.2) is 24.3 Å². The first-order valence-corrected chi connectivity index (χ1v) is 9.04. The van der Waals surface area contributed by atoms with Crippen molar-refractivity contribution in [2.45, 2.75) is 45.2 Å². The quantitative estimate of drug-likeness (QED) is 0.818. The van der Waals surface area contributed by atoms with E-state index in [0.717, 1.165) is 19.3 Å². The number of hydrogen-bond donors (Lipinski definition) is 1. The summed E-state index contributed by atoms with van der Waals surface area (Å²) in [4.78, 5) is 0. The lowest BCUT2D eigenvalue weighted by atomic mass is 10.2. The minimum Gasteiger partial charge on any atom is -0.492 e. The zero-order chi connectivity index (χ0) is 15.5. The largest absolute Gasteiger partial charge is 0.492 e. The Morgan fingerprint density at radius 3 is 2.81 bits per heavy atom. The monoisotopic (exact) mass is 312 g/mol. The van der Waals surface area contributed by atoms with E-state index in [9.17, 15) is 8.42 Å². The summed E-state index contributed by atoms with van der Waals surface area (Å²) in [5.74, 6) is 0.606. The van der Waals surface area contributed by atoms with Crippen LogP contribution in [0.4, 0.5) is 5.69 Å². The Bertz CT molecular complexity index is 574. The Hall–Kier alpha value is -1.27. The van der Waals surface area contributed by atoms with Crippen molar-refractivity contribution in [3.63, 3.8) is 0 Å². The third kappa shape index (κ3) is 3.89. The van der Waals surface area contributed by atoms with Gasteiger partial charge in [-0.3, -0.25) is 0 Å². The molecule has 0 aliphatic carbocycles. The molecule has 1 aromatic rings. The molecule has 118 valence electrons. The van der Waals surface area contributed by atoms with Gasteiger partial charge < -0.3 is 10.5 Å². The van der Waals surface area contributed by atoms with Crippen molar-refractivity contribution < 1.29 is 13.2 Å². The number of nitrogen functional groups attached to an aromatic ring is 1. The van der Waals surface area contributed by atoms with E-state index in [1.54, 1.807) is 28.6 Å². The van der Waals surface area contributed by atoms with Crippen LogP contribution < -0.4 is 10.5 Å². The average molecular weight is 312 g/mol. The minimum atomic E-state index is -3.27. The molecule has 1 aliphatic rings. The zero-order valence-electron chi connectivity index (χ0n) is 12.7. The Morgan fingerprint density at radius 2 is 2.14 bits per heavy atom.